The molecule has 112 valence electrons. The van der Waals surface area contributed by atoms with E-state index < -0.39 is 17.9 Å². The highest BCUT2D eigenvalue weighted by Gasteiger charge is 2.30. The molecule has 1 aromatic heterocycles. The van der Waals surface area contributed by atoms with Crippen molar-refractivity contribution in [2.24, 2.45) is 0 Å². The van der Waals surface area contributed by atoms with Crippen molar-refractivity contribution in [1.29, 1.82) is 0 Å². The van der Waals surface area contributed by atoms with Crippen LogP contribution in [0.2, 0.25) is 0 Å². The first-order valence-electron chi connectivity index (χ1n) is 7.11. The number of rotatable bonds is 6. The fourth-order valence-corrected chi connectivity index (χ4v) is 2.28. The molecule has 0 amide bonds. The van der Waals surface area contributed by atoms with Crippen molar-refractivity contribution in [3.05, 3.63) is 54.0 Å². The first kappa shape index (κ1) is 15.4. The summed E-state index contributed by atoms with van der Waals surface area (Å²) in [5.41, 5.74) is 0.0399. The molecule has 21 heavy (non-hydrogen) atoms. The Bertz CT molecular complexity index is 589. The van der Waals surface area contributed by atoms with E-state index in [1.807, 2.05) is 13.8 Å². The molecule has 0 saturated heterocycles. The van der Waals surface area contributed by atoms with Gasteiger partial charge in [-0.25, -0.2) is 9.37 Å². The van der Waals surface area contributed by atoms with Crippen molar-refractivity contribution >= 4 is 0 Å². The first-order valence-corrected chi connectivity index (χ1v) is 7.11. The molecule has 0 fully saturated rings. The Balaban J connectivity index is 2.32. The van der Waals surface area contributed by atoms with Crippen molar-refractivity contribution < 1.29 is 13.5 Å². The van der Waals surface area contributed by atoms with Gasteiger partial charge >= 0.3 is 0 Å². The minimum atomic E-state index is -0.603. The Morgan fingerprint density at radius 1 is 1.05 bits per heavy atom. The number of benzene rings is 1. The van der Waals surface area contributed by atoms with Crippen LogP contribution in [0.3, 0.4) is 0 Å². The third-order valence-electron chi connectivity index (χ3n) is 3.93. The van der Waals surface area contributed by atoms with Gasteiger partial charge in [-0.1, -0.05) is 32.0 Å². The van der Waals surface area contributed by atoms with Crippen molar-refractivity contribution in [2.45, 2.75) is 32.1 Å². The zero-order valence-electron chi connectivity index (χ0n) is 12.3. The molecule has 0 aliphatic carbocycles. The van der Waals surface area contributed by atoms with E-state index >= 15 is 0 Å². The first-order chi connectivity index (χ1) is 10.1. The summed E-state index contributed by atoms with van der Waals surface area (Å²) in [5.74, 6) is -0.0641. The van der Waals surface area contributed by atoms with E-state index in [1.54, 1.807) is 30.3 Å². The monoisotopic (exact) mass is 291 g/mol. The number of halogens is 2. The summed E-state index contributed by atoms with van der Waals surface area (Å²) in [6.07, 6.45) is 1.30. The van der Waals surface area contributed by atoms with Crippen molar-refractivity contribution in [1.82, 2.24) is 4.98 Å². The van der Waals surface area contributed by atoms with Crippen LogP contribution in [0.1, 0.15) is 32.4 Å². The number of nitrogens with zero attached hydrogens (tertiary/aromatic N) is 1. The van der Waals surface area contributed by atoms with Gasteiger partial charge in [-0.15, -0.1) is 0 Å². The normalized spacial score (nSPS) is 11.4. The molecule has 0 bridgehead atoms. The van der Waals surface area contributed by atoms with Crippen molar-refractivity contribution in [3.63, 3.8) is 0 Å². The zero-order valence-corrected chi connectivity index (χ0v) is 12.3. The van der Waals surface area contributed by atoms with Crippen LogP contribution in [0.5, 0.6) is 11.6 Å². The van der Waals surface area contributed by atoms with Crippen LogP contribution in [-0.2, 0) is 5.41 Å². The molecule has 0 aliphatic heterocycles. The summed E-state index contributed by atoms with van der Waals surface area (Å²) in [5, 5.41) is 0. The van der Waals surface area contributed by atoms with Gasteiger partial charge < -0.3 is 4.74 Å². The van der Waals surface area contributed by atoms with Crippen LogP contribution in [0.15, 0.2) is 42.5 Å². The molecule has 2 rings (SSSR count). The van der Waals surface area contributed by atoms with Crippen LogP contribution in [0.4, 0.5) is 8.78 Å². The SMILES string of the molecule is CCC(CC)(CF)c1cccc(Oc2ccccc2F)n1. The molecule has 2 nitrogen and oxygen atoms in total. The maximum atomic E-state index is 13.6. The van der Waals surface area contributed by atoms with E-state index in [-0.39, 0.29) is 11.6 Å². The summed E-state index contributed by atoms with van der Waals surface area (Å²) < 4.78 is 32.5. The summed E-state index contributed by atoms with van der Waals surface area (Å²) in [7, 11) is 0. The number of alkyl halides is 1. The van der Waals surface area contributed by atoms with Gasteiger partial charge in [0, 0.05) is 11.5 Å². The molecule has 0 saturated carbocycles. The number of para-hydroxylation sites is 1. The number of pyridine rings is 1. The maximum Gasteiger partial charge on any atom is 0.219 e. The predicted molar refractivity (Wildman–Crippen MR) is 78.9 cm³/mol. The Kier molecular flexibility index (Phi) is 4.89. The van der Waals surface area contributed by atoms with E-state index in [1.165, 1.54) is 12.1 Å². The van der Waals surface area contributed by atoms with Gasteiger partial charge in [-0.2, -0.15) is 0 Å². The van der Waals surface area contributed by atoms with Crippen LogP contribution >= 0.6 is 0 Å². The topological polar surface area (TPSA) is 22.1 Å². The Morgan fingerprint density at radius 2 is 1.76 bits per heavy atom. The van der Waals surface area contributed by atoms with Crippen LogP contribution in [0, 0.1) is 5.82 Å². The summed E-state index contributed by atoms with van der Waals surface area (Å²) in [4.78, 5) is 4.37. The minimum Gasteiger partial charge on any atom is -0.436 e. The molecule has 1 heterocycles. The van der Waals surface area contributed by atoms with E-state index in [0.717, 1.165) is 0 Å². The van der Waals surface area contributed by atoms with Crippen LogP contribution in [-0.4, -0.2) is 11.7 Å². The quantitative estimate of drug-likeness (QED) is 0.743. The third-order valence-corrected chi connectivity index (χ3v) is 3.93. The molecule has 0 atom stereocenters. The van der Waals surface area contributed by atoms with E-state index in [4.69, 9.17) is 4.74 Å². The van der Waals surface area contributed by atoms with Crippen molar-refractivity contribution in [3.8, 4) is 11.6 Å². The van der Waals surface area contributed by atoms with E-state index in [2.05, 4.69) is 4.98 Å². The van der Waals surface area contributed by atoms with Gasteiger partial charge in [0.2, 0.25) is 5.88 Å². The van der Waals surface area contributed by atoms with Gasteiger partial charge in [0.05, 0.1) is 5.69 Å². The van der Waals surface area contributed by atoms with Gasteiger partial charge in [0.25, 0.3) is 0 Å². The second-order valence-electron chi connectivity index (χ2n) is 5.01. The minimum absolute atomic E-state index is 0.112. The number of aromatic nitrogens is 1. The average Bonchev–Trinajstić information content (AvgIpc) is 2.52. The molecule has 2 aromatic rings. The average molecular weight is 291 g/mol. The van der Waals surface area contributed by atoms with Crippen LogP contribution in [0.25, 0.3) is 0 Å². The van der Waals surface area contributed by atoms with Crippen molar-refractivity contribution in [2.75, 3.05) is 6.67 Å². The predicted octanol–water partition coefficient (Wildman–Crippen LogP) is 5.04. The molecular formula is C17H19F2NO. The lowest BCUT2D eigenvalue weighted by molar-refractivity contribution is 0.276. The van der Waals surface area contributed by atoms with Crippen LogP contribution < -0.4 is 4.74 Å². The number of hydrogen-bond acceptors (Lipinski definition) is 2. The highest BCUT2D eigenvalue weighted by Crippen LogP contribution is 2.32. The summed E-state index contributed by atoms with van der Waals surface area (Å²) in [6, 6.07) is 11.3. The van der Waals surface area contributed by atoms with Gasteiger partial charge in [-0.3, -0.25) is 4.39 Å². The molecule has 0 unspecified atom stereocenters. The Labute approximate surface area is 123 Å². The second kappa shape index (κ2) is 6.66. The van der Waals surface area contributed by atoms with E-state index in [9.17, 15) is 8.78 Å². The largest absolute Gasteiger partial charge is 0.436 e. The van der Waals surface area contributed by atoms with Gasteiger partial charge in [0.15, 0.2) is 11.6 Å². The molecule has 4 heteroatoms. The smallest absolute Gasteiger partial charge is 0.219 e. The van der Waals surface area contributed by atoms with E-state index in [0.29, 0.717) is 18.5 Å². The molecular weight excluding hydrogens is 272 g/mol. The van der Waals surface area contributed by atoms with Gasteiger partial charge in [0.1, 0.15) is 6.67 Å². The lowest BCUT2D eigenvalue weighted by Crippen LogP contribution is -2.28. The summed E-state index contributed by atoms with van der Waals surface area (Å²) >= 11 is 0. The zero-order chi connectivity index (χ0) is 15.3. The fourth-order valence-electron chi connectivity index (χ4n) is 2.28. The standard InChI is InChI=1S/C17H19F2NO/c1-3-17(4-2,12-18)15-10-7-11-16(20-15)21-14-9-6-5-8-13(14)19/h5-11H,3-4,12H2,1-2H3. The maximum absolute atomic E-state index is 13.6. The molecule has 0 N–H and O–H groups in total. The fraction of sp³-hybridized carbons (Fsp3) is 0.353. The Morgan fingerprint density at radius 3 is 2.38 bits per heavy atom. The molecule has 0 aliphatic rings. The Hall–Kier alpha value is -1.97. The summed E-state index contributed by atoms with van der Waals surface area (Å²) in [6.45, 7) is 3.40. The lowest BCUT2D eigenvalue weighted by atomic mass is 9.80. The third kappa shape index (κ3) is 3.20. The number of ether oxygens (including phenoxy) is 1. The van der Waals surface area contributed by atoms with Gasteiger partial charge in [-0.05, 0) is 31.0 Å². The number of hydrogen-bond donors (Lipinski definition) is 0. The molecule has 0 spiro atoms. The molecule has 0 radical (unpaired) electrons. The highest BCUT2D eigenvalue weighted by atomic mass is 19.1. The molecule has 1 aromatic carbocycles. The lowest BCUT2D eigenvalue weighted by Gasteiger charge is -2.27. The second-order valence-corrected chi connectivity index (χ2v) is 5.01. The highest BCUT2D eigenvalue weighted by molar-refractivity contribution is 5.30.